The molecule has 0 heterocycles. The van der Waals surface area contributed by atoms with E-state index in [2.05, 4.69) is 21.2 Å². The predicted octanol–water partition coefficient (Wildman–Crippen LogP) is 1.21. The van der Waals surface area contributed by atoms with Crippen molar-refractivity contribution in [2.75, 3.05) is 31.3 Å². The van der Waals surface area contributed by atoms with Gasteiger partial charge in [-0.3, -0.25) is 4.79 Å². The molecule has 4 nitrogen and oxygen atoms in total. The number of nitrogens with zero attached hydrogens (tertiary/aromatic N) is 1. The van der Waals surface area contributed by atoms with Gasteiger partial charge >= 0.3 is 0 Å². The summed E-state index contributed by atoms with van der Waals surface area (Å²) < 4.78 is 0.928. The maximum absolute atomic E-state index is 11.2. The van der Waals surface area contributed by atoms with E-state index in [1.54, 1.807) is 11.9 Å². The van der Waals surface area contributed by atoms with Crippen LogP contribution < -0.4 is 16.0 Å². The van der Waals surface area contributed by atoms with Gasteiger partial charge in [0.05, 0.1) is 17.9 Å². The van der Waals surface area contributed by atoms with Crippen molar-refractivity contribution in [2.24, 2.45) is 0 Å². The van der Waals surface area contributed by atoms with Crippen molar-refractivity contribution in [1.82, 2.24) is 5.32 Å². The number of carbonyl (C=O) groups excluding carboxylic acids is 1. The van der Waals surface area contributed by atoms with E-state index in [1.165, 1.54) is 0 Å². The first-order chi connectivity index (χ1) is 7.04. The SMILES string of the molecule is CNC(=O)CN(C)c1ccc(Br)cc1N. The van der Waals surface area contributed by atoms with Crippen LogP contribution in [-0.4, -0.2) is 26.5 Å². The van der Waals surface area contributed by atoms with E-state index in [0.29, 0.717) is 12.2 Å². The average Bonchev–Trinajstić information content (AvgIpc) is 2.17. The van der Waals surface area contributed by atoms with Gasteiger partial charge in [0.25, 0.3) is 0 Å². The van der Waals surface area contributed by atoms with Crippen molar-refractivity contribution >= 4 is 33.2 Å². The fourth-order valence-corrected chi connectivity index (χ4v) is 1.63. The molecule has 0 bridgehead atoms. The largest absolute Gasteiger partial charge is 0.397 e. The van der Waals surface area contributed by atoms with Gasteiger partial charge in [-0.25, -0.2) is 0 Å². The Bertz CT molecular complexity index is 368. The van der Waals surface area contributed by atoms with E-state index < -0.39 is 0 Å². The highest BCUT2D eigenvalue weighted by Crippen LogP contribution is 2.25. The molecule has 0 aliphatic carbocycles. The molecule has 0 spiro atoms. The summed E-state index contributed by atoms with van der Waals surface area (Å²) in [4.78, 5) is 13.0. The number of hydrogen-bond acceptors (Lipinski definition) is 3. The average molecular weight is 272 g/mol. The van der Waals surface area contributed by atoms with E-state index in [4.69, 9.17) is 5.73 Å². The zero-order valence-electron chi connectivity index (χ0n) is 8.75. The lowest BCUT2D eigenvalue weighted by molar-refractivity contribution is -0.119. The van der Waals surface area contributed by atoms with Gasteiger partial charge in [-0.15, -0.1) is 0 Å². The number of nitrogen functional groups attached to an aromatic ring is 1. The predicted molar refractivity (Wildman–Crippen MR) is 65.9 cm³/mol. The fourth-order valence-electron chi connectivity index (χ4n) is 1.25. The minimum absolute atomic E-state index is 0.0418. The number of rotatable bonds is 3. The molecule has 0 fully saturated rings. The van der Waals surface area contributed by atoms with Gasteiger partial charge in [0, 0.05) is 18.6 Å². The van der Waals surface area contributed by atoms with E-state index >= 15 is 0 Å². The normalized spacial score (nSPS) is 9.80. The second-order valence-corrected chi connectivity index (χ2v) is 4.15. The maximum atomic E-state index is 11.2. The lowest BCUT2D eigenvalue weighted by Gasteiger charge is -2.20. The molecule has 1 aromatic rings. The molecule has 0 saturated carbocycles. The molecule has 0 aliphatic rings. The number of nitrogens with two attached hydrogens (primary N) is 1. The van der Waals surface area contributed by atoms with Crippen molar-refractivity contribution in [2.45, 2.75) is 0 Å². The number of amides is 1. The minimum atomic E-state index is -0.0418. The van der Waals surface area contributed by atoms with Crippen molar-refractivity contribution in [3.8, 4) is 0 Å². The highest BCUT2D eigenvalue weighted by atomic mass is 79.9. The van der Waals surface area contributed by atoms with Crippen LogP contribution in [-0.2, 0) is 4.79 Å². The molecule has 0 atom stereocenters. The van der Waals surface area contributed by atoms with Crippen LogP contribution in [0.1, 0.15) is 0 Å². The number of benzene rings is 1. The second kappa shape index (κ2) is 5.02. The van der Waals surface area contributed by atoms with Crippen molar-refractivity contribution in [3.05, 3.63) is 22.7 Å². The summed E-state index contributed by atoms with van der Waals surface area (Å²) in [6, 6.07) is 5.59. The third-order valence-electron chi connectivity index (χ3n) is 2.06. The summed E-state index contributed by atoms with van der Waals surface area (Å²) in [5.41, 5.74) is 7.33. The fraction of sp³-hybridized carbons (Fsp3) is 0.300. The monoisotopic (exact) mass is 271 g/mol. The lowest BCUT2D eigenvalue weighted by Crippen LogP contribution is -2.33. The molecule has 15 heavy (non-hydrogen) atoms. The quantitative estimate of drug-likeness (QED) is 0.813. The minimum Gasteiger partial charge on any atom is -0.397 e. The first-order valence-corrected chi connectivity index (χ1v) is 5.30. The van der Waals surface area contributed by atoms with Crippen LogP contribution in [0.2, 0.25) is 0 Å². The Balaban J connectivity index is 2.82. The van der Waals surface area contributed by atoms with Crippen LogP contribution in [0.4, 0.5) is 11.4 Å². The van der Waals surface area contributed by atoms with Crippen LogP contribution in [0.3, 0.4) is 0 Å². The zero-order valence-corrected chi connectivity index (χ0v) is 10.3. The highest BCUT2D eigenvalue weighted by Gasteiger charge is 2.08. The molecule has 3 N–H and O–H groups in total. The van der Waals surface area contributed by atoms with Crippen LogP contribution in [0.5, 0.6) is 0 Å². The summed E-state index contributed by atoms with van der Waals surface area (Å²) >= 11 is 3.33. The molecular weight excluding hydrogens is 258 g/mol. The van der Waals surface area contributed by atoms with E-state index in [9.17, 15) is 4.79 Å². The van der Waals surface area contributed by atoms with Gasteiger partial charge in [0.15, 0.2) is 0 Å². The van der Waals surface area contributed by atoms with Gasteiger partial charge in [-0.2, -0.15) is 0 Å². The Hall–Kier alpha value is -1.23. The number of anilines is 2. The Morgan fingerprint density at radius 1 is 1.60 bits per heavy atom. The van der Waals surface area contributed by atoms with Crippen molar-refractivity contribution in [1.29, 1.82) is 0 Å². The molecule has 0 saturated heterocycles. The third-order valence-corrected chi connectivity index (χ3v) is 2.55. The van der Waals surface area contributed by atoms with Crippen molar-refractivity contribution < 1.29 is 4.79 Å². The summed E-state index contributed by atoms with van der Waals surface area (Å²) in [6.07, 6.45) is 0. The lowest BCUT2D eigenvalue weighted by atomic mass is 10.2. The Labute approximate surface area is 97.6 Å². The molecule has 0 aromatic heterocycles. The third kappa shape index (κ3) is 3.13. The van der Waals surface area contributed by atoms with E-state index in [1.807, 2.05) is 25.2 Å². The standard InChI is InChI=1S/C10H14BrN3O/c1-13-10(15)6-14(2)9-4-3-7(11)5-8(9)12/h3-5H,6,12H2,1-2H3,(H,13,15). The van der Waals surface area contributed by atoms with Crippen LogP contribution in [0.15, 0.2) is 22.7 Å². The summed E-state index contributed by atoms with van der Waals surface area (Å²) in [5.74, 6) is -0.0418. The Kier molecular flexibility index (Phi) is 3.96. The Morgan fingerprint density at radius 3 is 2.80 bits per heavy atom. The highest BCUT2D eigenvalue weighted by molar-refractivity contribution is 9.10. The number of halogens is 1. The summed E-state index contributed by atoms with van der Waals surface area (Å²) in [5, 5.41) is 2.57. The number of likely N-dealkylation sites (N-methyl/N-ethyl adjacent to an activating group) is 2. The molecule has 82 valence electrons. The maximum Gasteiger partial charge on any atom is 0.239 e. The molecular formula is C10H14BrN3O. The zero-order chi connectivity index (χ0) is 11.4. The van der Waals surface area contributed by atoms with Crippen molar-refractivity contribution in [3.63, 3.8) is 0 Å². The molecule has 5 heteroatoms. The van der Waals surface area contributed by atoms with Crippen LogP contribution in [0.25, 0.3) is 0 Å². The Morgan fingerprint density at radius 2 is 2.27 bits per heavy atom. The topological polar surface area (TPSA) is 58.4 Å². The van der Waals surface area contributed by atoms with Gasteiger partial charge < -0.3 is 16.0 Å². The number of nitrogens with one attached hydrogen (secondary N) is 1. The molecule has 0 unspecified atom stereocenters. The molecule has 0 aliphatic heterocycles. The second-order valence-electron chi connectivity index (χ2n) is 3.23. The molecule has 1 aromatic carbocycles. The van der Waals surface area contributed by atoms with Gasteiger partial charge in [0.2, 0.25) is 5.91 Å². The first-order valence-electron chi connectivity index (χ1n) is 4.51. The van der Waals surface area contributed by atoms with Gasteiger partial charge in [0.1, 0.15) is 0 Å². The number of hydrogen-bond donors (Lipinski definition) is 2. The molecule has 1 rings (SSSR count). The first kappa shape index (κ1) is 11.8. The van der Waals surface area contributed by atoms with E-state index in [0.717, 1.165) is 10.2 Å². The molecule has 0 radical (unpaired) electrons. The van der Waals surface area contributed by atoms with Crippen LogP contribution in [0, 0.1) is 0 Å². The summed E-state index contributed by atoms with van der Waals surface area (Å²) in [7, 11) is 3.44. The number of carbonyl (C=O) groups is 1. The summed E-state index contributed by atoms with van der Waals surface area (Å²) in [6.45, 7) is 0.294. The smallest absolute Gasteiger partial charge is 0.239 e. The van der Waals surface area contributed by atoms with Crippen LogP contribution >= 0.6 is 15.9 Å². The van der Waals surface area contributed by atoms with Gasteiger partial charge in [-0.1, -0.05) is 15.9 Å². The van der Waals surface area contributed by atoms with E-state index in [-0.39, 0.29) is 5.91 Å². The molecule has 1 amide bonds. The van der Waals surface area contributed by atoms with Gasteiger partial charge in [-0.05, 0) is 18.2 Å².